The molecule has 1 spiro atoms. The molecule has 3 nitrogen and oxygen atoms in total. The highest BCUT2D eigenvalue weighted by Gasteiger charge is 2.57. The minimum absolute atomic E-state index is 0. The predicted molar refractivity (Wildman–Crippen MR) is 106 cm³/mol. The van der Waals surface area contributed by atoms with E-state index < -0.39 is 0 Å². The van der Waals surface area contributed by atoms with E-state index in [1.54, 1.807) is 0 Å². The molecule has 1 saturated heterocycles. The zero-order chi connectivity index (χ0) is 17.4. The van der Waals surface area contributed by atoms with Crippen molar-refractivity contribution in [2.45, 2.75) is 52.5 Å². The largest absolute Gasteiger partial charge is 0.349 e. The fourth-order valence-corrected chi connectivity index (χ4v) is 4.15. The lowest BCUT2D eigenvalue weighted by atomic mass is 9.85. The van der Waals surface area contributed by atoms with Crippen LogP contribution in [0.15, 0.2) is 24.3 Å². The molecule has 2 N–H and O–H groups in total. The second-order valence-electron chi connectivity index (χ2n) is 8.75. The Balaban J connectivity index is 0.00000225. The van der Waals surface area contributed by atoms with E-state index in [9.17, 15) is 4.79 Å². The molecule has 2 atom stereocenters. The number of piperidine rings is 1. The summed E-state index contributed by atoms with van der Waals surface area (Å²) >= 11 is 6.02. The molecule has 25 heavy (non-hydrogen) atoms. The van der Waals surface area contributed by atoms with Crippen molar-refractivity contribution in [3.63, 3.8) is 0 Å². The van der Waals surface area contributed by atoms with Gasteiger partial charge in [0.15, 0.2) is 0 Å². The predicted octanol–water partition coefficient (Wildman–Crippen LogP) is 4.75. The molecule has 140 valence electrons. The number of halogens is 2. The lowest BCUT2D eigenvalue weighted by Crippen LogP contribution is -2.36. The smallest absolute Gasteiger partial charge is 0.224 e. The van der Waals surface area contributed by atoms with E-state index in [0.717, 1.165) is 49.4 Å². The summed E-state index contributed by atoms with van der Waals surface area (Å²) in [6, 6.07) is 7.93. The molecule has 1 heterocycles. The molecular formula is C20H30Cl2N2O. The van der Waals surface area contributed by atoms with E-state index >= 15 is 0 Å². The van der Waals surface area contributed by atoms with Crippen molar-refractivity contribution in [2.75, 3.05) is 13.1 Å². The van der Waals surface area contributed by atoms with Crippen LogP contribution in [0, 0.1) is 16.7 Å². The van der Waals surface area contributed by atoms with Gasteiger partial charge in [-0.1, -0.05) is 44.5 Å². The maximum atomic E-state index is 12.9. The average Bonchev–Trinajstić information content (AvgIpc) is 3.20. The topological polar surface area (TPSA) is 41.1 Å². The number of amides is 1. The van der Waals surface area contributed by atoms with Gasteiger partial charge >= 0.3 is 0 Å². The Morgan fingerprint density at radius 3 is 2.44 bits per heavy atom. The van der Waals surface area contributed by atoms with Crippen LogP contribution in [0.2, 0.25) is 5.02 Å². The summed E-state index contributed by atoms with van der Waals surface area (Å²) in [5, 5.41) is 7.47. The number of benzene rings is 1. The zero-order valence-electron chi connectivity index (χ0n) is 15.4. The van der Waals surface area contributed by atoms with E-state index in [4.69, 9.17) is 11.6 Å². The normalized spacial score (nSPS) is 22.8. The van der Waals surface area contributed by atoms with Crippen molar-refractivity contribution in [3.05, 3.63) is 34.9 Å². The highest BCUT2D eigenvalue weighted by atomic mass is 35.5. The maximum Gasteiger partial charge on any atom is 0.224 e. The molecule has 1 aliphatic heterocycles. The second-order valence-corrected chi connectivity index (χ2v) is 9.18. The minimum atomic E-state index is 0. The van der Waals surface area contributed by atoms with E-state index in [1.165, 1.54) is 0 Å². The third-order valence-corrected chi connectivity index (χ3v) is 5.76. The Labute approximate surface area is 162 Å². The van der Waals surface area contributed by atoms with Crippen LogP contribution in [-0.2, 0) is 4.79 Å². The van der Waals surface area contributed by atoms with Gasteiger partial charge in [-0.15, -0.1) is 12.4 Å². The van der Waals surface area contributed by atoms with Gasteiger partial charge in [0, 0.05) is 10.9 Å². The first-order chi connectivity index (χ1) is 11.3. The van der Waals surface area contributed by atoms with Crippen molar-refractivity contribution in [1.82, 2.24) is 10.6 Å². The SMILES string of the molecule is CC(C)(C)CC(NC(=O)C1CC12CCNCC2)c1ccc(Cl)cc1.Cl. The van der Waals surface area contributed by atoms with Crippen molar-refractivity contribution < 1.29 is 4.79 Å². The van der Waals surface area contributed by atoms with Crippen LogP contribution in [0.1, 0.15) is 58.1 Å². The molecule has 1 saturated carbocycles. The summed E-state index contributed by atoms with van der Waals surface area (Å²) in [5.41, 5.74) is 1.57. The highest BCUT2D eigenvalue weighted by molar-refractivity contribution is 6.30. The number of hydrogen-bond donors (Lipinski definition) is 2. The lowest BCUT2D eigenvalue weighted by molar-refractivity contribution is -0.124. The van der Waals surface area contributed by atoms with Crippen molar-refractivity contribution >= 4 is 29.9 Å². The number of rotatable bonds is 4. The molecule has 0 bridgehead atoms. The standard InChI is InChI=1S/C20H29ClN2O.ClH/c1-19(2,3)13-17(14-4-6-15(21)7-5-14)23-18(24)16-12-20(16)8-10-22-11-9-20;/h4-7,16-17,22H,8-13H2,1-3H3,(H,23,24);1H. The number of carbonyl (C=O) groups excluding carboxylic acids is 1. The number of carbonyl (C=O) groups is 1. The van der Waals surface area contributed by atoms with Gasteiger partial charge in [-0.3, -0.25) is 4.79 Å². The maximum absolute atomic E-state index is 12.9. The summed E-state index contributed by atoms with van der Waals surface area (Å²) in [6.07, 6.45) is 4.25. The van der Waals surface area contributed by atoms with Crippen LogP contribution in [0.4, 0.5) is 0 Å². The molecule has 1 aromatic carbocycles. The summed E-state index contributed by atoms with van der Waals surface area (Å²) in [7, 11) is 0. The van der Waals surface area contributed by atoms with Gasteiger partial charge in [-0.2, -0.15) is 0 Å². The van der Waals surface area contributed by atoms with Gasteiger partial charge in [-0.25, -0.2) is 0 Å². The first-order valence-corrected chi connectivity index (χ1v) is 9.43. The van der Waals surface area contributed by atoms with Gasteiger partial charge in [-0.05, 0) is 67.3 Å². The third kappa shape index (κ3) is 5.12. The van der Waals surface area contributed by atoms with Crippen LogP contribution >= 0.6 is 24.0 Å². The highest BCUT2D eigenvalue weighted by Crippen LogP contribution is 2.58. The molecule has 2 unspecified atom stereocenters. The van der Waals surface area contributed by atoms with E-state index in [1.807, 2.05) is 24.3 Å². The van der Waals surface area contributed by atoms with Crippen molar-refractivity contribution in [1.29, 1.82) is 0 Å². The molecule has 1 amide bonds. The quantitative estimate of drug-likeness (QED) is 0.786. The fourth-order valence-electron chi connectivity index (χ4n) is 4.03. The Kier molecular flexibility index (Phi) is 6.45. The summed E-state index contributed by atoms with van der Waals surface area (Å²) in [6.45, 7) is 8.74. The summed E-state index contributed by atoms with van der Waals surface area (Å²) in [4.78, 5) is 12.9. The van der Waals surface area contributed by atoms with Crippen LogP contribution in [-0.4, -0.2) is 19.0 Å². The third-order valence-electron chi connectivity index (χ3n) is 5.51. The molecule has 2 aliphatic rings. The Hall–Kier alpha value is -0.770. The van der Waals surface area contributed by atoms with Crippen LogP contribution in [0.5, 0.6) is 0 Å². The molecule has 0 aromatic heterocycles. The van der Waals surface area contributed by atoms with E-state index in [0.29, 0.717) is 0 Å². The van der Waals surface area contributed by atoms with E-state index in [2.05, 4.69) is 31.4 Å². The van der Waals surface area contributed by atoms with Crippen LogP contribution in [0.25, 0.3) is 0 Å². The summed E-state index contributed by atoms with van der Waals surface area (Å²) in [5.74, 6) is 0.440. The average molecular weight is 385 g/mol. The molecule has 5 heteroatoms. The number of nitrogens with one attached hydrogen (secondary N) is 2. The minimum Gasteiger partial charge on any atom is -0.349 e. The van der Waals surface area contributed by atoms with Gasteiger partial charge < -0.3 is 10.6 Å². The lowest BCUT2D eigenvalue weighted by Gasteiger charge is -2.28. The van der Waals surface area contributed by atoms with Gasteiger partial charge in [0.25, 0.3) is 0 Å². The molecule has 1 aromatic rings. The van der Waals surface area contributed by atoms with Crippen LogP contribution in [0.3, 0.4) is 0 Å². The van der Waals surface area contributed by atoms with Crippen molar-refractivity contribution in [3.8, 4) is 0 Å². The van der Waals surface area contributed by atoms with Gasteiger partial charge in [0.05, 0.1) is 6.04 Å². The Morgan fingerprint density at radius 1 is 1.28 bits per heavy atom. The zero-order valence-corrected chi connectivity index (χ0v) is 17.0. The van der Waals surface area contributed by atoms with E-state index in [-0.39, 0.29) is 41.1 Å². The molecule has 2 fully saturated rings. The molecular weight excluding hydrogens is 355 g/mol. The Bertz CT molecular complexity index is 589. The number of hydrogen-bond acceptors (Lipinski definition) is 2. The summed E-state index contributed by atoms with van der Waals surface area (Å²) < 4.78 is 0. The first-order valence-electron chi connectivity index (χ1n) is 9.06. The first kappa shape index (κ1) is 20.5. The molecule has 0 radical (unpaired) electrons. The van der Waals surface area contributed by atoms with Crippen molar-refractivity contribution in [2.24, 2.45) is 16.7 Å². The van der Waals surface area contributed by atoms with Crippen LogP contribution < -0.4 is 10.6 Å². The van der Waals surface area contributed by atoms with Gasteiger partial charge in [0.1, 0.15) is 0 Å². The Morgan fingerprint density at radius 2 is 1.88 bits per heavy atom. The molecule has 1 aliphatic carbocycles. The van der Waals surface area contributed by atoms with Gasteiger partial charge in [0.2, 0.25) is 5.91 Å². The fraction of sp³-hybridized carbons (Fsp3) is 0.650. The molecule has 3 rings (SSSR count). The second kappa shape index (κ2) is 7.85. The monoisotopic (exact) mass is 384 g/mol.